The molecule has 4 aliphatic carbocycles. The highest BCUT2D eigenvalue weighted by atomic mass is 16.4. The van der Waals surface area contributed by atoms with E-state index in [2.05, 4.69) is 13.5 Å². The molecule has 6 atom stereocenters. The lowest BCUT2D eigenvalue weighted by Crippen LogP contribution is -2.68. The number of rotatable bonds is 1. The highest BCUT2D eigenvalue weighted by Crippen LogP contribution is 2.73. The van der Waals surface area contributed by atoms with Crippen LogP contribution in [0.3, 0.4) is 0 Å². The van der Waals surface area contributed by atoms with Crippen molar-refractivity contribution in [1.29, 1.82) is 0 Å². The summed E-state index contributed by atoms with van der Waals surface area (Å²) in [6, 6.07) is 0. The van der Waals surface area contributed by atoms with Crippen molar-refractivity contribution >= 4 is 5.97 Å². The Kier molecular flexibility index (Phi) is 3.01. The number of hydrogen-bond acceptors (Lipinski definition) is 2. The maximum Gasteiger partial charge on any atom is 0.309 e. The Morgan fingerprint density at radius 1 is 1.17 bits per heavy atom. The molecule has 3 nitrogen and oxygen atoms in total. The first kappa shape index (κ1) is 15.7. The van der Waals surface area contributed by atoms with Crippen LogP contribution in [0.1, 0.15) is 71.6 Å². The van der Waals surface area contributed by atoms with Crippen LogP contribution in [0.4, 0.5) is 0 Å². The predicted octanol–water partition coefficient (Wildman–Crippen LogP) is 4.16. The molecule has 0 radical (unpaired) electrons. The molecular weight excluding hydrogens is 288 g/mol. The van der Waals surface area contributed by atoms with Crippen LogP contribution in [0, 0.1) is 28.1 Å². The average Bonchev–Trinajstić information content (AvgIpc) is 2.75. The van der Waals surface area contributed by atoms with Gasteiger partial charge in [0.15, 0.2) is 0 Å². The van der Waals surface area contributed by atoms with Gasteiger partial charge in [-0.1, -0.05) is 25.5 Å². The number of aliphatic hydroxyl groups is 1. The fraction of sp³-hybridized carbons (Fsp3) is 0.850. The van der Waals surface area contributed by atoms with Gasteiger partial charge in [-0.05, 0) is 70.1 Å². The summed E-state index contributed by atoms with van der Waals surface area (Å²) in [5.41, 5.74) is -0.367. The molecule has 2 N–H and O–H groups in total. The van der Waals surface area contributed by atoms with Crippen molar-refractivity contribution in [3.05, 3.63) is 12.2 Å². The molecular formula is C20H30O3. The van der Waals surface area contributed by atoms with Crippen LogP contribution in [0.2, 0.25) is 0 Å². The minimum Gasteiger partial charge on any atom is -0.481 e. The first-order chi connectivity index (χ1) is 10.7. The molecule has 2 bridgehead atoms. The van der Waals surface area contributed by atoms with E-state index in [9.17, 15) is 15.0 Å². The van der Waals surface area contributed by atoms with E-state index >= 15 is 0 Å². The lowest BCUT2D eigenvalue weighted by molar-refractivity contribution is -0.262. The largest absolute Gasteiger partial charge is 0.481 e. The van der Waals surface area contributed by atoms with Crippen LogP contribution in [0.5, 0.6) is 0 Å². The number of carbonyl (C=O) groups is 1. The molecule has 0 heterocycles. The minimum absolute atomic E-state index is 0.0327. The minimum atomic E-state index is -0.712. The first-order valence-corrected chi connectivity index (χ1v) is 9.32. The number of allylic oxidation sites excluding steroid dienone is 1. The summed E-state index contributed by atoms with van der Waals surface area (Å²) < 4.78 is 0. The monoisotopic (exact) mass is 318 g/mol. The lowest BCUT2D eigenvalue weighted by atomic mass is 9.39. The molecule has 0 saturated heterocycles. The van der Waals surface area contributed by atoms with Crippen molar-refractivity contribution < 1.29 is 15.0 Å². The molecule has 4 rings (SSSR count). The van der Waals surface area contributed by atoms with Gasteiger partial charge in [-0.3, -0.25) is 4.79 Å². The van der Waals surface area contributed by atoms with E-state index in [1.807, 2.05) is 6.92 Å². The summed E-state index contributed by atoms with van der Waals surface area (Å²) in [7, 11) is 0. The van der Waals surface area contributed by atoms with E-state index in [4.69, 9.17) is 0 Å². The number of carboxylic acid groups (broad SMARTS) is 1. The zero-order valence-electron chi connectivity index (χ0n) is 14.5. The Balaban J connectivity index is 1.82. The summed E-state index contributed by atoms with van der Waals surface area (Å²) in [6.07, 6.45) is 8.45. The molecule has 23 heavy (non-hydrogen) atoms. The molecule has 128 valence electrons. The maximum atomic E-state index is 12.1. The van der Waals surface area contributed by atoms with Crippen LogP contribution in [-0.2, 0) is 4.79 Å². The summed E-state index contributed by atoms with van der Waals surface area (Å²) in [5.74, 6) is 0.00431. The average molecular weight is 318 g/mol. The van der Waals surface area contributed by atoms with Gasteiger partial charge in [0, 0.05) is 10.8 Å². The third kappa shape index (κ3) is 1.63. The topological polar surface area (TPSA) is 57.5 Å². The number of fused-ring (bicyclic) bond motifs is 3. The van der Waals surface area contributed by atoms with Crippen LogP contribution in [0.15, 0.2) is 12.2 Å². The molecule has 4 aliphatic rings. The zero-order valence-corrected chi connectivity index (χ0v) is 14.5. The van der Waals surface area contributed by atoms with Crippen LogP contribution in [-0.4, -0.2) is 21.8 Å². The van der Waals surface area contributed by atoms with Crippen LogP contribution >= 0.6 is 0 Å². The lowest BCUT2D eigenvalue weighted by Gasteiger charge is -2.67. The SMILES string of the molecule is C=C1C[C@@]23CCC4[C@](C)(C(=O)O)CCC[C@@]4(C)[C@]2(O)CCC1C3. The van der Waals surface area contributed by atoms with Crippen molar-refractivity contribution in [2.45, 2.75) is 77.2 Å². The van der Waals surface area contributed by atoms with Gasteiger partial charge in [0.05, 0.1) is 11.0 Å². The predicted molar refractivity (Wildman–Crippen MR) is 88.9 cm³/mol. The Hall–Kier alpha value is -0.830. The van der Waals surface area contributed by atoms with Gasteiger partial charge in [-0.25, -0.2) is 0 Å². The first-order valence-electron chi connectivity index (χ1n) is 9.32. The van der Waals surface area contributed by atoms with Gasteiger partial charge in [0.2, 0.25) is 0 Å². The number of aliphatic carboxylic acids is 1. The fourth-order valence-electron chi connectivity index (χ4n) is 7.51. The van der Waals surface area contributed by atoms with Crippen molar-refractivity contribution in [1.82, 2.24) is 0 Å². The standard InChI is InChI=1S/C20H30O3/c1-13-11-19-9-6-15-17(2,16(21)22)7-4-8-18(15,3)20(19,23)10-5-14(13)12-19/h14-15,23H,1,4-12H2,2-3H3,(H,21,22)/t14?,15?,17-,18-,19-,20-/m1/s1. The summed E-state index contributed by atoms with van der Waals surface area (Å²) in [4.78, 5) is 12.1. The Morgan fingerprint density at radius 3 is 2.61 bits per heavy atom. The Morgan fingerprint density at radius 2 is 1.91 bits per heavy atom. The van der Waals surface area contributed by atoms with Gasteiger partial charge in [0.25, 0.3) is 0 Å². The smallest absolute Gasteiger partial charge is 0.309 e. The van der Waals surface area contributed by atoms with E-state index in [1.54, 1.807) is 0 Å². The molecule has 2 unspecified atom stereocenters. The van der Waals surface area contributed by atoms with Crippen molar-refractivity contribution in [3.63, 3.8) is 0 Å². The molecule has 4 fully saturated rings. The third-order valence-electron chi connectivity index (χ3n) is 8.79. The number of hydrogen-bond donors (Lipinski definition) is 2. The summed E-state index contributed by atoms with van der Waals surface area (Å²) >= 11 is 0. The van der Waals surface area contributed by atoms with Crippen molar-refractivity contribution in [3.8, 4) is 0 Å². The molecule has 0 amide bonds. The second kappa shape index (κ2) is 4.41. The molecule has 4 saturated carbocycles. The quantitative estimate of drug-likeness (QED) is 0.714. The second-order valence-corrected chi connectivity index (χ2v) is 9.50. The van der Waals surface area contributed by atoms with Crippen molar-refractivity contribution in [2.24, 2.45) is 28.1 Å². The normalized spacial score (nSPS) is 55.2. The highest BCUT2D eigenvalue weighted by molar-refractivity contribution is 5.75. The highest BCUT2D eigenvalue weighted by Gasteiger charge is 2.72. The molecule has 3 heteroatoms. The fourth-order valence-corrected chi connectivity index (χ4v) is 7.51. The van der Waals surface area contributed by atoms with E-state index in [0.717, 1.165) is 57.8 Å². The van der Waals surface area contributed by atoms with Gasteiger partial charge in [-0.15, -0.1) is 0 Å². The van der Waals surface area contributed by atoms with Gasteiger partial charge in [-0.2, -0.15) is 0 Å². The van der Waals surface area contributed by atoms with E-state index in [1.165, 1.54) is 5.57 Å². The van der Waals surface area contributed by atoms with Crippen molar-refractivity contribution in [2.75, 3.05) is 0 Å². The van der Waals surface area contributed by atoms with E-state index in [-0.39, 0.29) is 16.7 Å². The zero-order chi connectivity index (χ0) is 16.7. The third-order valence-corrected chi connectivity index (χ3v) is 8.79. The van der Waals surface area contributed by atoms with E-state index in [0.29, 0.717) is 5.92 Å². The summed E-state index contributed by atoms with van der Waals surface area (Å²) in [6.45, 7) is 8.43. The van der Waals surface area contributed by atoms with E-state index < -0.39 is 17.0 Å². The molecule has 0 aromatic heterocycles. The Labute approximate surface area is 139 Å². The van der Waals surface area contributed by atoms with Crippen LogP contribution < -0.4 is 0 Å². The molecule has 0 aliphatic heterocycles. The molecule has 0 aromatic rings. The molecule has 0 aromatic carbocycles. The number of carboxylic acids is 1. The Bertz CT molecular complexity index is 583. The summed E-state index contributed by atoms with van der Waals surface area (Å²) in [5, 5.41) is 21.9. The molecule has 1 spiro atoms. The van der Waals surface area contributed by atoms with Gasteiger partial charge >= 0.3 is 5.97 Å². The van der Waals surface area contributed by atoms with Gasteiger partial charge < -0.3 is 10.2 Å². The second-order valence-electron chi connectivity index (χ2n) is 9.50. The van der Waals surface area contributed by atoms with Crippen LogP contribution in [0.25, 0.3) is 0 Å². The maximum absolute atomic E-state index is 12.1. The van der Waals surface area contributed by atoms with Gasteiger partial charge in [0.1, 0.15) is 0 Å².